The van der Waals surface area contributed by atoms with Crippen LogP contribution < -0.4 is 20.7 Å². The summed E-state index contributed by atoms with van der Waals surface area (Å²) in [5.74, 6) is 3.89. The molecule has 2 aliphatic heterocycles. The van der Waals surface area contributed by atoms with Crippen LogP contribution in [0.5, 0.6) is 28.7 Å². The summed E-state index contributed by atoms with van der Waals surface area (Å²) in [5.41, 5.74) is 2.19. The number of hydrogen-bond acceptors (Lipinski definition) is 9. The van der Waals surface area contributed by atoms with Crippen LogP contribution in [0.25, 0.3) is 0 Å². The van der Waals surface area contributed by atoms with Gasteiger partial charge in [-0.1, -0.05) is 18.2 Å². The minimum Gasteiger partial charge on any atom is -0.508 e. The first-order chi connectivity index (χ1) is 14.9. The average molecular weight is 420 g/mol. The molecule has 5 N–H and O–H groups in total. The van der Waals surface area contributed by atoms with E-state index in [-0.39, 0.29) is 40.9 Å². The molecule has 156 valence electrons. The van der Waals surface area contributed by atoms with E-state index in [2.05, 4.69) is 5.43 Å². The van der Waals surface area contributed by atoms with Gasteiger partial charge in [-0.2, -0.15) is 0 Å². The molecule has 9 heteroatoms. The number of esters is 2. The lowest BCUT2D eigenvalue weighted by Crippen LogP contribution is -2.35. The predicted octanol–water partition coefficient (Wildman–Crippen LogP) is 2.03. The van der Waals surface area contributed by atoms with Crippen LogP contribution in [-0.2, 0) is 15.1 Å². The van der Waals surface area contributed by atoms with Gasteiger partial charge in [0, 0.05) is 29.3 Å². The molecule has 0 aliphatic carbocycles. The van der Waals surface area contributed by atoms with Crippen LogP contribution in [0, 0.1) is 0 Å². The molecule has 0 saturated carbocycles. The molecule has 3 aromatic rings. The van der Waals surface area contributed by atoms with E-state index in [1.165, 1.54) is 24.3 Å². The van der Waals surface area contributed by atoms with Gasteiger partial charge in [-0.3, -0.25) is 10.6 Å². The zero-order valence-corrected chi connectivity index (χ0v) is 15.9. The highest BCUT2D eigenvalue weighted by Crippen LogP contribution is 2.59. The molecule has 3 aromatic carbocycles. The third-order valence-corrected chi connectivity index (χ3v) is 5.21. The second-order valence-corrected chi connectivity index (χ2v) is 7.07. The van der Waals surface area contributed by atoms with Crippen molar-refractivity contribution in [1.82, 2.24) is 5.43 Å². The van der Waals surface area contributed by atoms with E-state index in [0.29, 0.717) is 16.7 Å². The Morgan fingerprint density at radius 2 is 1.81 bits per heavy atom. The molecule has 0 radical (unpaired) electrons. The van der Waals surface area contributed by atoms with Gasteiger partial charge in [-0.25, -0.2) is 10.2 Å². The van der Waals surface area contributed by atoms with Crippen molar-refractivity contribution in [3.63, 3.8) is 0 Å². The lowest BCUT2D eigenvalue weighted by Gasteiger charge is -2.37. The highest BCUT2D eigenvalue weighted by molar-refractivity contribution is 5.97. The number of nitrogens with two attached hydrogens (primary N) is 1. The SMILES string of the molecule is NNCC(=O)Oc1cc(O)cc2c1C1(OC(=O)c3ccccc31)c1ccc(O)cc1O2. The van der Waals surface area contributed by atoms with Crippen molar-refractivity contribution >= 4 is 11.9 Å². The molecule has 1 atom stereocenters. The first kappa shape index (κ1) is 18.9. The Hall–Kier alpha value is -4.08. The van der Waals surface area contributed by atoms with E-state index >= 15 is 0 Å². The molecule has 0 fully saturated rings. The molecule has 0 aromatic heterocycles. The molecular weight excluding hydrogens is 404 g/mol. The van der Waals surface area contributed by atoms with Crippen LogP contribution in [0.2, 0.25) is 0 Å². The summed E-state index contributed by atoms with van der Waals surface area (Å²) in [6, 6.07) is 13.8. The number of rotatable bonds is 3. The Morgan fingerprint density at radius 3 is 2.61 bits per heavy atom. The van der Waals surface area contributed by atoms with Gasteiger partial charge in [0.15, 0.2) is 5.60 Å². The molecule has 5 rings (SSSR count). The fraction of sp³-hybridized carbons (Fsp3) is 0.0909. The lowest BCUT2D eigenvalue weighted by atomic mass is 9.77. The van der Waals surface area contributed by atoms with E-state index in [1.54, 1.807) is 30.3 Å². The van der Waals surface area contributed by atoms with Crippen LogP contribution in [-0.4, -0.2) is 28.7 Å². The van der Waals surface area contributed by atoms with Crippen LogP contribution >= 0.6 is 0 Å². The van der Waals surface area contributed by atoms with Gasteiger partial charge in [-0.05, 0) is 18.2 Å². The van der Waals surface area contributed by atoms with Crippen molar-refractivity contribution in [2.45, 2.75) is 5.60 Å². The van der Waals surface area contributed by atoms with Crippen molar-refractivity contribution in [2.75, 3.05) is 6.54 Å². The molecule has 2 heterocycles. The first-order valence-corrected chi connectivity index (χ1v) is 9.30. The molecule has 31 heavy (non-hydrogen) atoms. The molecule has 1 spiro atoms. The van der Waals surface area contributed by atoms with Gasteiger partial charge in [0.2, 0.25) is 0 Å². The number of phenolic OH excluding ortho intramolecular Hbond substituents is 2. The summed E-state index contributed by atoms with van der Waals surface area (Å²) in [6.07, 6.45) is 0. The fourth-order valence-electron chi connectivity index (χ4n) is 4.07. The van der Waals surface area contributed by atoms with Crippen molar-refractivity contribution < 1.29 is 34.0 Å². The number of ether oxygens (including phenoxy) is 3. The monoisotopic (exact) mass is 420 g/mol. The summed E-state index contributed by atoms with van der Waals surface area (Å²) >= 11 is 0. The van der Waals surface area contributed by atoms with Gasteiger partial charge in [0.05, 0.1) is 11.1 Å². The number of hydrazine groups is 1. The topological polar surface area (TPSA) is 140 Å². The smallest absolute Gasteiger partial charge is 0.340 e. The second kappa shape index (κ2) is 6.73. The van der Waals surface area contributed by atoms with E-state index in [0.717, 1.165) is 0 Å². The zero-order valence-electron chi connectivity index (χ0n) is 15.9. The van der Waals surface area contributed by atoms with Gasteiger partial charge >= 0.3 is 11.9 Å². The maximum atomic E-state index is 12.8. The zero-order chi connectivity index (χ0) is 21.8. The number of carbonyl (C=O) groups excluding carboxylic acids is 2. The standard InChI is InChI=1S/C22H16N2O7/c23-24-10-19(27)30-18-9-12(26)8-17-20(18)22(15-6-5-11(25)7-16(15)29-17)14-4-2-1-3-13(14)21(28)31-22/h1-9,24-26H,10,23H2. The number of hydrogen-bond donors (Lipinski definition) is 4. The van der Waals surface area contributed by atoms with Gasteiger partial charge in [0.1, 0.15) is 35.3 Å². The highest BCUT2D eigenvalue weighted by atomic mass is 16.6. The van der Waals surface area contributed by atoms with Gasteiger partial charge in [0.25, 0.3) is 0 Å². The molecule has 2 aliphatic rings. The third-order valence-electron chi connectivity index (χ3n) is 5.21. The summed E-state index contributed by atoms with van der Waals surface area (Å²) in [6.45, 7) is -0.293. The van der Waals surface area contributed by atoms with E-state index < -0.39 is 17.5 Å². The number of aromatic hydroxyl groups is 2. The van der Waals surface area contributed by atoms with Gasteiger partial charge < -0.3 is 24.4 Å². The Labute approximate surface area is 175 Å². The Balaban J connectivity index is 1.84. The Morgan fingerprint density at radius 1 is 1.03 bits per heavy atom. The first-order valence-electron chi connectivity index (χ1n) is 9.30. The summed E-state index contributed by atoms with van der Waals surface area (Å²) < 4.78 is 17.3. The van der Waals surface area contributed by atoms with Crippen LogP contribution in [0.3, 0.4) is 0 Å². The Bertz CT molecular complexity index is 1260. The van der Waals surface area contributed by atoms with E-state index in [9.17, 15) is 19.8 Å². The molecule has 0 amide bonds. The van der Waals surface area contributed by atoms with Crippen LogP contribution in [0.4, 0.5) is 0 Å². The van der Waals surface area contributed by atoms with Crippen molar-refractivity contribution in [2.24, 2.45) is 5.84 Å². The maximum absolute atomic E-state index is 12.8. The van der Waals surface area contributed by atoms with Crippen LogP contribution in [0.1, 0.15) is 27.0 Å². The number of nitrogens with one attached hydrogen (secondary N) is 1. The quantitative estimate of drug-likeness (QED) is 0.217. The molecule has 9 nitrogen and oxygen atoms in total. The maximum Gasteiger partial charge on any atom is 0.340 e. The third kappa shape index (κ3) is 2.71. The summed E-state index contributed by atoms with van der Waals surface area (Å²) in [7, 11) is 0. The second-order valence-electron chi connectivity index (χ2n) is 7.07. The van der Waals surface area contributed by atoms with Crippen molar-refractivity contribution in [1.29, 1.82) is 0 Å². The fourth-order valence-corrected chi connectivity index (χ4v) is 4.07. The molecule has 1 unspecified atom stereocenters. The van der Waals surface area contributed by atoms with Crippen molar-refractivity contribution in [3.8, 4) is 28.7 Å². The lowest BCUT2D eigenvalue weighted by molar-refractivity contribution is -0.133. The largest absolute Gasteiger partial charge is 0.508 e. The minimum atomic E-state index is -1.52. The summed E-state index contributed by atoms with van der Waals surface area (Å²) in [5, 5.41) is 20.2. The summed E-state index contributed by atoms with van der Waals surface area (Å²) in [4.78, 5) is 25.0. The number of fused-ring (bicyclic) bond motifs is 6. The van der Waals surface area contributed by atoms with Crippen molar-refractivity contribution in [3.05, 3.63) is 76.9 Å². The van der Waals surface area contributed by atoms with E-state index in [4.69, 9.17) is 20.1 Å². The number of carbonyl (C=O) groups is 2. The number of phenols is 2. The number of benzene rings is 3. The van der Waals surface area contributed by atoms with Gasteiger partial charge in [-0.15, -0.1) is 0 Å². The predicted molar refractivity (Wildman–Crippen MR) is 106 cm³/mol. The minimum absolute atomic E-state index is 0.0570. The molecular formula is C22H16N2O7. The molecule has 0 bridgehead atoms. The van der Waals surface area contributed by atoms with E-state index in [1.807, 2.05) is 0 Å². The van der Waals surface area contributed by atoms with Crippen LogP contribution in [0.15, 0.2) is 54.6 Å². The molecule has 0 saturated heterocycles. The Kier molecular flexibility index (Phi) is 4.10. The average Bonchev–Trinajstić information content (AvgIpc) is 3.00. The normalized spacial score (nSPS) is 17.9. The highest BCUT2D eigenvalue weighted by Gasteiger charge is 2.55.